The summed E-state index contributed by atoms with van der Waals surface area (Å²) in [4.78, 5) is 7.94. The van der Waals surface area contributed by atoms with Gasteiger partial charge in [-0.2, -0.15) is 5.10 Å². The summed E-state index contributed by atoms with van der Waals surface area (Å²) in [6.07, 6.45) is 6.68. The Morgan fingerprint density at radius 1 is 1.38 bits per heavy atom. The van der Waals surface area contributed by atoms with Crippen LogP contribution in [0, 0.1) is 6.07 Å². The molecule has 0 saturated carbocycles. The van der Waals surface area contributed by atoms with Crippen molar-refractivity contribution in [3.8, 4) is 0 Å². The van der Waals surface area contributed by atoms with Gasteiger partial charge in [-0.3, -0.25) is 4.68 Å². The molecule has 0 aromatic carbocycles. The number of nitrogens with zero attached hydrogens (tertiary/aromatic N) is 4. The normalized spacial score (nSPS) is 9.92. The molecule has 0 amide bonds. The second-order valence-electron chi connectivity index (χ2n) is 2.53. The highest BCUT2D eigenvalue weighted by Crippen LogP contribution is 2.08. The summed E-state index contributed by atoms with van der Waals surface area (Å²) < 4.78 is 1.71. The molecular weight excluding hydrogens is 166 g/mol. The second kappa shape index (κ2) is 3.22. The second-order valence-corrected chi connectivity index (χ2v) is 2.53. The molecule has 0 bridgehead atoms. The van der Waals surface area contributed by atoms with Crippen LogP contribution in [0.4, 0.5) is 11.6 Å². The van der Waals surface area contributed by atoms with Crippen LogP contribution in [0.25, 0.3) is 0 Å². The van der Waals surface area contributed by atoms with Gasteiger partial charge in [0, 0.05) is 31.7 Å². The van der Waals surface area contributed by atoms with Crippen LogP contribution in [-0.4, -0.2) is 19.7 Å². The molecule has 2 aromatic heterocycles. The number of hydrogen-bond acceptors (Lipinski definition) is 4. The standard InChI is InChI=1S/C8H8N5/c1-13-6-7(5-11-13)12-8-9-3-2-4-10-8/h3-6H,1H3,(H,9,10,12). The predicted molar refractivity (Wildman–Crippen MR) is 47.4 cm³/mol. The first kappa shape index (κ1) is 7.72. The molecule has 0 saturated heterocycles. The van der Waals surface area contributed by atoms with Crippen molar-refractivity contribution in [1.29, 1.82) is 0 Å². The Kier molecular flexibility index (Phi) is 1.91. The maximum atomic E-state index is 4.00. The minimum atomic E-state index is 0.548. The molecule has 2 rings (SSSR count). The van der Waals surface area contributed by atoms with E-state index in [2.05, 4.69) is 26.4 Å². The molecule has 0 aliphatic heterocycles. The average Bonchev–Trinajstić information content (AvgIpc) is 2.53. The van der Waals surface area contributed by atoms with Gasteiger partial charge in [0.05, 0.1) is 11.9 Å². The van der Waals surface area contributed by atoms with Gasteiger partial charge in [0.2, 0.25) is 5.95 Å². The molecular formula is C8H8N5. The monoisotopic (exact) mass is 174 g/mol. The maximum absolute atomic E-state index is 4.00. The van der Waals surface area contributed by atoms with Gasteiger partial charge in [-0.1, -0.05) is 0 Å². The van der Waals surface area contributed by atoms with Crippen LogP contribution in [0.1, 0.15) is 0 Å². The first-order valence-electron chi connectivity index (χ1n) is 3.78. The summed E-state index contributed by atoms with van der Waals surface area (Å²) in [7, 11) is 1.85. The summed E-state index contributed by atoms with van der Waals surface area (Å²) >= 11 is 0. The van der Waals surface area contributed by atoms with Crippen molar-refractivity contribution < 1.29 is 0 Å². The minimum Gasteiger partial charge on any atom is -0.321 e. The van der Waals surface area contributed by atoms with Crippen molar-refractivity contribution in [2.24, 2.45) is 7.05 Å². The zero-order valence-corrected chi connectivity index (χ0v) is 7.10. The zero-order chi connectivity index (χ0) is 9.10. The summed E-state index contributed by atoms with van der Waals surface area (Å²) in [5.41, 5.74) is 0.869. The van der Waals surface area contributed by atoms with Crippen LogP contribution in [0.5, 0.6) is 0 Å². The van der Waals surface area contributed by atoms with Gasteiger partial charge in [-0.25, -0.2) is 9.97 Å². The molecule has 13 heavy (non-hydrogen) atoms. The Bertz CT molecular complexity index is 380. The van der Waals surface area contributed by atoms with Crippen molar-refractivity contribution in [2.75, 3.05) is 5.32 Å². The molecule has 0 aliphatic rings. The van der Waals surface area contributed by atoms with E-state index >= 15 is 0 Å². The van der Waals surface area contributed by atoms with Crippen molar-refractivity contribution in [3.63, 3.8) is 0 Å². The molecule has 0 spiro atoms. The fraction of sp³-hybridized carbons (Fsp3) is 0.125. The smallest absolute Gasteiger partial charge is 0.227 e. The molecule has 2 aromatic rings. The van der Waals surface area contributed by atoms with Crippen molar-refractivity contribution in [1.82, 2.24) is 19.7 Å². The van der Waals surface area contributed by atoms with Crippen LogP contribution in [0.15, 0.2) is 24.8 Å². The molecule has 0 fully saturated rings. The van der Waals surface area contributed by atoms with Gasteiger partial charge >= 0.3 is 0 Å². The lowest BCUT2D eigenvalue weighted by Gasteiger charge is -1.98. The highest BCUT2D eigenvalue weighted by molar-refractivity contribution is 5.49. The third-order valence-electron chi connectivity index (χ3n) is 1.48. The average molecular weight is 174 g/mol. The van der Waals surface area contributed by atoms with Crippen LogP contribution in [0.2, 0.25) is 0 Å². The van der Waals surface area contributed by atoms with Crippen molar-refractivity contribution in [2.45, 2.75) is 0 Å². The number of aryl methyl sites for hydroxylation is 1. The largest absolute Gasteiger partial charge is 0.321 e. The van der Waals surface area contributed by atoms with E-state index in [1.165, 1.54) is 0 Å². The van der Waals surface area contributed by atoms with E-state index in [1.807, 2.05) is 13.2 Å². The summed E-state index contributed by atoms with van der Waals surface area (Å²) in [6.45, 7) is 0. The first-order chi connectivity index (χ1) is 6.34. The lowest BCUT2D eigenvalue weighted by atomic mass is 10.5. The Balaban J connectivity index is 2.15. The summed E-state index contributed by atoms with van der Waals surface area (Å²) in [5.74, 6) is 0.548. The highest BCUT2D eigenvalue weighted by Gasteiger charge is 1.97. The molecule has 2 heterocycles. The van der Waals surface area contributed by atoms with E-state index in [-0.39, 0.29) is 0 Å². The van der Waals surface area contributed by atoms with Crippen molar-refractivity contribution in [3.05, 3.63) is 30.9 Å². The molecule has 0 aliphatic carbocycles. The topological polar surface area (TPSA) is 55.6 Å². The Morgan fingerprint density at radius 2 is 2.15 bits per heavy atom. The van der Waals surface area contributed by atoms with E-state index in [1.54, 1.807) is 23.3 Å². The molecule has 65 valence electrons. The lowest BCUT2D eigenvalue weighted by molar-refractivity contribution is 0.768. The van der Waals surface area contributed by atoms with Crippen LogP contribution >= 0.6 is 0 Å². The van der Waals surface area contributed by atoms with Gasteiger partial charge < -0.3 is 5.32 Å². The Labute approximate surface area is 75.4 Å². The van der Waals surface area contributed by atoms with Gasteiger partial charge in [0.15, 0.2) is 0 Å². The van der Waals surface area contributed by atoms with Gasteiger partial charge in [-0.15, -0.1) is 0 Å². The molecule has 5 heteroatoms. The number of anilines is 2. The molecule has 0 unspecified atom stereocenters. The summed E-state index contributed by atoms with van der Waals surface area (Å²) in [6, 6.07) is 2.74. The maximum Gasteiger partial charge on any atom is 0.227 e. The number of aromatic nitrogens is 4. The fourth-order valence-corrected chi connectivity index (χ4v) is 0.943. The first-order valence-corrected chi connectivity index (χ1v) is 3.78. The van der Waals surface area contributed by atoms with Gasteiger partial charge in [0.1, 0.15) is 0 Å². The van der Waals surface area contributed by atoms with E-state index in [4.69, 9.17) is 0 Å². The molecule has 0 atom stereocenters. The van der Waals surface area contributed by atoms with E-state index < -0.39 is 0 Å². The highest BCUT2D eigenvalue weighted by atomic mass is 15.3. The number of rotatable bonds is 2. The Morgan fingerprint density at radius 3 is 2.77 bits per heavy atom. The van der Waals surface area contributed by atoms with Gasteiger partial charge in [0.25, 0.3) is 0 Å². The molecule has 1 N–H and O–H groups in total. The van der Waals surface area contributed by atoms with Gasteiger partial charge in [-0.05, 0) is 0 Å². The predicted octanol–water partition coefficient (Wildman–Crippen LogP) is 0.754. The molecule has 5 nitrogen and oxygen atoms in total. The third kappa shape index (κ3) is 1.81. The van der Waals surface area contributed by atoms with Crippen LogP contribution in [-0.2, 0) is 7.05 Å². The van der Waals surface area contributed by atoms with E-state index in [0.29, 0.717) is 5.95 Å². The summed E-state index contributed by atoms with van der Waals surface area (Å²) in [5, 5.41) is 7.00. The van der Waals surface area contributed by atoms with Crippen LogP contribution in [0.3, 0.4) is 0 Å². The number of hydrogen-bond donors (Lipinski definition) is 1. The minimum absolute atomic E-state index is 0.548. The molecule has 1 radical (unpaired) electrons. The van der Waals surface area contributed by atoms with E-state index in [0.717, 1.165) is 5.69 Å². The lowest BCUT2D eigenvalue weighted by Crippen LogP contribution is -1.94. The Hall–Kier alpha value is -1.91. The zero-order valence-electron chi connectivity index (χ0n) is 7.10. The van der Waals surface area contributed by atoms with Crippen molar-refractivity contribution >= 4 is 11.6 Å². The third-order valence-corrected chi connectivity index (χ3v) is 1.48. The quantitative estimate of drug-likeness (QED) is 0.730. The number of nitrogens with one attached hydrogen (secondary N) is 1. The SMILES string of the molecule is Cn1cc(Nc2nc[c]cn2)cn1. The fourth-order valence-electron chi connectivity index (χ4n) is 0.943. The van der Waals surface area contributed by atoms with E-state index in [9.17, 15) is 0 Å². The van der Waals surface area contributed by atoms with Crippen LogP contribution < -0.4 is 5.32 Å².